The molecule has 0 aliphatic heterocycles. The van der Waals surface area contributed by atoms with E-state index in [0.717, 1.165) is 18.4 Å². The van der Waals surface area contributed by atoms with Gasteiger partial charge in [0.05, 0.1) is 19.2 Å². The number of rotatable bonds is 9. The fourth-order valence-electron chi connectivity index (χ4n) is 1.92. The normalized spacial score (nSPS) is 12.1. The quantitative estimate of drug-likeness (QED) is 0.670. The van der Waals surface area contributed by atoms with Gasteiger partial charge in [-0.2, -0.15) is 0 Å². The van der Waals surface area contributed by atoms with Crippen LogP contribution in [0.1, 0.15) is 31.4 Å². The standard InChI is InChI=1S/C15H24N2O2/c1-3-7-14(13-8-5-4-6-9-13)17-15(18)12-16-10-11-19-2/h4-6,8-9,14,16H,3,7,10-12H2,1-2H3,(H,17,18). The molecule has 4 nitrogen and oxygen atoms in total. The lowest BCUT2D eigenvalue weighted by Gasteiger charge is -2.18. The Hall–Kier alpha value is -1.39. The van der Waals surface area contributed by atoms with Crippen LogP contribution in [0.4, 0.5) is 0 Å². The van der Waals surface area contributed by atoms with Crippen LogP contribution in [0.5, 0.6) is 0 Å². The Labute approximate surface area is 115 Å². The molecule has 106 valence electrons. The van der Waals surface area contributed by atoms with Crippen molar-refractivity contribution < 1.29 is 9.53 Å². The van der Waals surface area contributed by atoms with E-state index in [2.05, 4.69) is 29.7 Å². The summed E-state index contributed by atoms with van der Waals surface area (Å²) in [6.07, 6.45) is 1.99. The average Bonchev–Trinajstić information content (AvgIpc) is 2.44. The largest absolute Gasteiger partial charge is 0.383 e. The maximum absolute atomic E-state index is 11.9. The Balaban J connectivity index is 2.43. The maximum atomic E-state index is 11.9. The van der Waals surface area contributed by atoms with Crippen LogP contribution in [0.25, 0.3) is 0 Å². The molecule has 2 N–H and O–H groups in total. The van der Waals surface area contributed by atoms with Gasteiger partial charge in [-0.3, -0.25) is 4.79 Å². The van der Waals surface area contributed by atoms with Gasteiger partial charge in [-0.25, -0.2) is 0 Å². The molecule has 4 heteroatoms. The highest BCUT2D eigenvalue weighted by Gasteiger charge is 2.12. The zero-order valence-corrected chi connectivity index (χ0v) is 11.8. The lowest BCUT2D eigenvalue weighted by Crippen LogP contribution is -2.37. The van der Waals surface area contributed by atoms with E-state index in [9.17, 15) is 4.79 Å². The van der Waals surface area contributed by atoms with Crippen molar-refractivity contribution in [1.29, 1.82) is 0 Å². The highest BCUT2D eigenvalue weighted by Crippen LogP contribution is 2.17. The van der Waals surface area contributed by atoms with Gasteiger partial charge in [0.1, 0.15) is 0 Å². The number of benzene rings is 1. The van der Waals surface area contributed by atoms with E-state index < -0.39 is 0 Å². The molecule has 0 heterocycles. The van der Waals surface area contributed by atoms with Gasteiger partial charge in [0.15, 0.2) is 0 Å². The molecule has 1 aromatic carbocycles. The SMILES string of the molecule is CCCC(NC(=O)CNCCOC)c1ccccc1. The third kappa shape index (κ3) is 6.36. The fourth-order valence-corrected chi connectivity index (χ4v) is 1.92. The van der Waals surface area contributed by atoms with Crippen LogP contribution in [0, 0.1) is 0 Å². The molecule has 0 aromatic heterocycles. The molecule has 0 aliphatic carbocycles. The molecule has 1 aromatic rings. The second-order valence-corrected chi connectivity index (χ2v) is 4.49. The van der Waals surface area contributed by atoms with Gasteiger partial charge in [-0.1, -0.05) is 43.7 Å². The van der Waals surface area contributed by atoms with Crippen LogP contribution in [0.15, 0.2) is 30.3 Å². The minimum absolute atomic E-state index is 0.0263. The van der Waals surface area contributed by atoms with Gasteiger partial charge in [0, 0.05) is 13.7 Å². The van der Waals surface area contributed by atoms with Crippen molar-refractivity contribution in [3.63, 3.8) is 0 Å². The number of nitrogens with one attached hydrogen (secondary N) is 2. The summed E-state index contributed by atoms with van der Waals surface area (Å²) in [5, 5.41) is 6.12. The van der Waals surface area contributed by atoms with Crippen LogP contribution in [-0.2, 0) is 9.53 Å². The van der Waals surface area contributed by atoms with Crippen molar-refractivity contribution in [2.75, 3.05) is 26.8 Å². The lowest BCUT2D eigenvalue weighted by molar-refractivity contribution is -0.121. The summed E-state index contributed by atoms with van der Waals surface area (Å²) in [5.74, 6) is 0.0263. The average molecular weight is 264 g/mol. The van der Waals surface area contributed by atoms with Crippen molar-refractivity contribution in [2.45, 2.75) is 25.8 Å². The number of hydrogen-bond acceptors (Lipinski definition) is 3. The van der Waals surface area contributed by atoms with E-state index >= 15 is 0 Å². The topological polar surface area (TPSA) is 50.4 Å². The Morgan fingerprint density at radius 2 is 2.05 bits per heavy atom. The molecule has 0 fully saturated rings. The Bertz CT molecular complexity index is 354. The van der Waals surface area contributed by atoms with E-state index in [1.807, 2.05) is 18.2 Å². The van der Waals surface area contributed by atoms with Gasteiger partial charge >= 0.3 is 0 Å². The summed E-state index contributed by atoms with van der Waals surface area (Å²) in [4.78, 5) is 11.9. The van der Waals surface area contributed by atoms with Crippen molar-refractivity contribution in [1.82, 2.24) is 10.6 Å². The van der Waals surface area contributed by atoms with Crippen LogP contribution in [0.2, 0.25) is 0 Å². The van der Waals surface area contributed by atoms with Crippen molar-refractivity contribution >= 4 is 5.91 Å². The number of methoxy groups -OCH3 is 1. The van der Waals surface area contributed by atoms with Gasteiger partial charge in [-0.15, -0.1) is 0 Å². The lowest BCUT2D eigenvalue weighted by atomic mass is 10.0. The number of ether oxygens (including phenoxy) is 1. The van der Waals surface area contributed by atoms with E-state index in [1.165, 1.54) is 0 Å². The van der Waals surface area contributed by atoms with Gasteiger partial charge < -0.3 is 15.4 Å². The molecular weight excluding hydrogens is 240 g/mol. The van der Waals surface area contributed by atoms with E-state index in [-0.39, 0.29) is 11.9 Å². The first-order chi connectivity index (χ1) is 9.27. The van der Waals surface area contributed by atoms with Crippen LogP contribution in [-0.4, -0.2) is 32.7 Å². The third-order valence-electron chi connectivity index (χ3n) is 2.88. The minimum Gasteiger partial charge on any atom is -0.383 e. The zero-order valence-electron chi connectivity index (χ0n) is 11.8. The van der Waals surface area contributed by atoms with E-state index in [1.54, 1.807) is 7.11 Å². The molecule has 0 radical (unpaired) electrons. The van der Waals surface area contributed by atoms with Gasteiger partial charge in [0.2, 0.25) is 5.91 Å². The van der Waals surface area contributed by atoms with Crippen molar-refractivity contribution in [3.8, 4) is 0 Å². The highest BCUT2D eigenvalue weighted by molar-refractivity contribution is 5.78. The molecule has 0 bridgehead atoms. The minimum atomic E-state index is 0.0263. The first-order valence-electron chi connectivity index (χ1n) is 6.82. The Morgan fingerprint density at radius 1 is 1.32 bits per heavy atom. The second kappa shape index (κ2) is 9.53. The predicted octanol–water partition coefficient (Wildman–Crippen LogP) is 1.88. The molecule has 0 saturated carbocycles. The molecule has 0 aliphatic rings. The second-order valence-electron chi connectivity index (χ2n) is 4.49. The molecule has 0 spiro atoms. The molecule has 1 atom stereocenters. The molecule has 1 amide bonds. The molecular formula is C15H24N2O2. The van der Waals surface area contributed by atoms with E-state index in [0.29, 0.717) is 19.7 Å². The third-order valence-corrected chi connectivity index (χ3v) is 2.88. The summed E-state index contributed by atoms with van der Waals surface area (Å²) in [6, 6.07) is 10.2. The number of amides is 1. The van der Waals surface area contributed by atoms with Crippen LogP contribution < -0.4 is 10.6 Å². The first kappa shape index (κ1) is 15.7. The molecule has 1 unspecified atom stereocenters. The zero-order chi connectivity index (χ0) is 13.9. The van der Waals surface area contributed by atoms with Crippen LogP contribution >= 0.6 is 0 Å². The number of hydrogen-bond donors (Lipinski definition) is 2. The summed E-state index contributed by atoms with van der Waals surface area (Å²) >= 11 is 0. The smallest absolute Gasteiger partial charge is 0.234 e. The van der Waals surface area contributed by atoms with Crippen LogP contribution in [0.3, 0.4) is 0 Å². The summed E-state index contributed by atoms with van der Waals surface area (Å²) in [7, 11) is 1.65. The fraction of sp³-hybridized carbons (Fsp3) is 0.533. The van der Waals surface area contributed by atoms with Crippen molar-refractivity contribution in [2.24, 2.45) is 0 Å². The summed E-state index contributed by atoms with van der Waals surface area (Å²) in [5.41, 5.74) is 1.16. The molecule has 1 rings (SSSR count). The molecule has 0 saturated heterocycles. The number of carbonyl (C=O) groups is 1. The highest BCUT2D eigenvalue weighted by atomic mass is 16.5. The monoisotopic (exact) mass is 264 g/mol. The maximum Gasteiger partial charge on any atom is 0.234 e. The van der Waals surface area contributed by atoms with Crippen molar-refractivity contribution in [3.05, 3.63) is 35.9 Å². The van der Waals surface area contributed by atoms with Gasteiger partial charge in [0.25, 0.3) is 0 Å². The molecule has 19 heavy (non-hydrogen) atoms. The Morgan fingerprint density at radius 3 is 2.68 bits per heavy atom. The number of carbonyl (C=O) groups excluding carboxylic acids is 1. The van der Waals surface area contributed by atoms with Gasteiger partial charge in [-0.05, 0) is 12.0 Å². The summed E-state index contributed by atoms with van der Waals surface area (Å²) < 4.78 is 4.92. The first-order valence-corrected chi connectivity index (χ1v) is 6.82. The summed E-state index contributed by atoms with van der Waals surface area (Å²) in [6.45, 7) is 3.76. The predicted molar refractivity (Wildman–Crippen MR) is 77.0 cm³/mol. The van der Waals surface area contributed by atoms with E-state index in [4.69, 9.17) is 4.74 Å². The Kier molecular flexibility index (Phi) is 7.86.